The lowest BCUT2D eigenvalue weighted by Crippen LogP contribution is -2.40. The van der Waals surface area contributed by atoms with Crippen molar-refractivity contribution in [3.05, 3.63) is 35.4 Å². The summed E-state index contributed by atoms with van der Waals surface area (Å²) in [7, 11) is 0. The smallest absolute Gasteiger partial charge is 0.234 e. The Morgan fingerprint density at radius 2 is 1.95 bits per heavy atom. The summed E-state index contributed by atoms with van der Waals surface area (Å²) in [5, 5.41) is 6.49. The standard InChI is InChI=1S/C18H28N2O/c1-14-8-7-9-16(12-14)15(2)19-13-18(21)20-17-10-5-3-4-6-11-17/h7-9,12,15,17,19H,3-6,10-11,13H2,1-2H3,(H,20,21)/t15-/m0/s1. The fraction of sp³-hybridized carbons (Fsp3) is 0.611. The Kier molecular flexibility index (Phi) is 6.24. The molecule has 1 amide bonds. The number of hydrogen-bond acceptors (Lipinski definition) is 2. The fourth-order valence-corrected chi connectivity index (χ4v) is 3.01. The molecule has 0 aliphatic heterocycles. The molecule has 3 heteroatoms. The highest BCUT2D eigenvalue weighted by molar-refractivity contribution is 5.78. The van der Waals surface area contributed by atoms with Gasteiger partial charge >= 0.3 is 0 Å². The Morgan fingerprint density at radius 1 is 1.24 bits per heavy atom. The van der Waals surface area contributed by atoms with Crippen LogP contribution in [0.15, 0.2) is 24.3 Å². The van der Waals surface area contributed by atoms with Gasteiger partial charge in [0.05, 0.1) is 6.54 Å². The number of nitrogens with one attached hydrogen (secondary N) is 2. The van der Waals surface area contributed by atoms with Gasteiger partial charge in [0.2, 0.25) is 5.91 Å². The van der Waals surface area contributed by atoms with Crippen LogP contribution in [0.25, 0.3) is 0 Å². The first-order chi connectivity index (χ1) is 10.1. The molecular formula is C18H28N2O. The second kappa shape index (κ2) is 8.18. The summed E-state index contributed by atoms with van der Waals surface area (Å²) in [6.45, 7) is 4.59. The molecule has 0 saturated heterocycles. The van der Waals surface area contributed by atoms with E-state index in [0.29, 0.717) is 12.6 Å². The van der Waals surface area contributed by atoms with Crippen molar-refractivity contribution in [2.75, 3.05) is 6.54 Å². The highest BCUT2D eigenvalue weighted by atomic mass is 16.1. The number of amides is 1. The Hall–Kier alpha value is -1.35. The van der Waals surface area contributed by atoms with Crippen molar-refractivity contribution in [3.63, 3.8) is 0 Å². The highest BCUT2D eigenvalue weighted by Crippen LogP contribution is 2.17. The Labute approximate surface area is 128 Å². The van der Waals surface area contributed by atoms with Crippen LogP contribution in [-0.2, 0) is 4.79 Å². The molecule has 1 aromatic carbocycles. The van der Waals surface area contributed by atoms with Gasteiger partial charge in [0.15, 0.2) is 0 Å². The fourth-order valence-electron chi connectivity index (χ4n) is 3.01. The average molecular weight is 288 g/mol. The van der Waals surface area contributed by atoms with Gasteiger partial charge in [-0.15, -0.1) is 0 Å². The van der Waals surface area contributed by atoms with Gasteiger partial charge in [0.25, 0.3) is 0 Å². The van der Waals surface area contributed by atoms with Crippen molar-refractivity contribution in [2.45, 2.75) is 64.5 Å². The monoisotopic (exact) mass is 288 g/mol. The Bertz CT molecular complexity index is 450. The molecule has 0 unspecified atom stereocenters. The number of rotatable bonds is 5. The predicted molar refractivity (Wildman–Crippen MR) is 87.2 cm³/mol. The molecular weight excluding hydrogens is 260 g/mol. The summed E-state index contributed by atoms with van der Waals surface area (Å²) in [6.07, 6.45) is 7.40. The molecule has 1 saturated carbocycles. The lowest BCUT2D eigenvalue weighted by Gasteiger charge is -2.18. The van der Waals surface area contributed by atoms with E-state index in [4.69, 9.17) is 0 Å². The van der Waals surface area contributed by atoms with Crippen molar-refractivity contribution in [3.8, 4) is 0 Å². The second-order valence-corrected chi connectivity index (χ2v) is 6.27. The van der Waals surface area contributed by atoms with Crippen LogP contribution in [0.3, 0.4) is 0 Å². The van der Waals surface area contributed by atoms with Crippen molar-refractivity contribution in [2.24, 2.45) is 0 Å². The molecule has 0 spiro atoms. The molecule has 1 fully saturated rings. The molecule has 0 radical (unpaired) electrons. The van der Waals surface area contributed by atoms with Crippen molar-refractivity contribution in [1.82, 2.24) is 10.6 Å². The van der Waals surface area contributed by atoms with E-state index in [1.807, 2.05) is 0 Å². The van der Waals surface area contributed by atoms with Crippen LogP contribution in [0.1, 0.15) is 62.6 Å². The lowest BCUT2D eigenvalue weighted by molar-refractivity contribution is -0.121. The normalized spacial score (nSPS) is 18.0. The van der Waals surface area contributed by atoms with E-state index in [2.05, 4.69) is 48.7 Å². The van der Waals surface area contributed by atoms with Gasteiger partial charge in [-0.25, -0.2) is 0 Å². The van der Waals surface area contributed by atoms with Crippen LogP contribution in [-0.4, -0.2) is 18.5 Å². The molecule has 1 atom stereocenters. The molecule has 0 bridgehead atoms. The summed E-state index contributed by atoms with van der Waals surface area (Å²) in [6, 6.07) is 9.01. The number of benzene rings is 1. The van der Waals surface area contributed by atoms with Gasteiger partial charge in [0, 0.05) is 12.1 Å². The first-order valence-electron chi connectivity index (χ1n) is 8.24. The maximum absolute atomic E-state index is 12.1. The van der Waals surface area contributed by atoms with Crippen LogP contribution in [0, 0.1) is 6.92 Å². The third-order valence-electron chi connectivity index (χ3n) is 4.33. The molecule has 2 N–H and O–H groups in total. The van der Waals surface area contributed by atoms with Crippen LogP contribution >= 0.6 is 0 Å². The maximum Gasteiger partial charge on any atom is 0.234 e. The van der Waals surface area contributed by atoms with Crippen LogP contribution < -0.4 is 10.6 Å². The Morgan fingerprint density at radius 3 is 2.62 bits per heavy atom. The molecule has 0 heterocycles. The number of hydrogen-bond donors (Lipinski definition) is 2. The zero-order chi connectivity index (χ0) is 15.1. The van der Waals surface area contributed by atoms with E-state index < -0.39 is 0 Å². The summed E-state index contributed by atoms with van der Waals surface area (Å²) in [5.41, 5.74) is 2.49. The summed E-state index contributed by atoms with van der Waals surface area (Å²) in [5.74, 6) is 0.126. The zero-order valence-corrected chi connectivity index (χ0v) is 13.3. The topological polar surface area (TPSA) is 41.1 Å². The summed E-state index contributed by atoms with van der Waals surface area (Å²) >= 11 is 0. The van der Waals surface area contributed by atoms with Gasteiger partial charge in [-0.05, 0) is 32.3 Å². The van der Waals surface area contributed by atoms with Gasteiger partial charge in [0.1, 0.15) is 0 Å². The van der Waals surface area contributed by atoms with E-state index in [1.165, 1.54) is 36.8 Å². The average Bonchev–Trinajstić information content (AvgIpc) is 2.73. The number of carbonyl (C=O) groups excluding carboxylic acids is 1. The van der Waals surface area contributed by atoms with Crippen molar-refractivity contribution in [1.29, 1.82) is 0 Å². The third-order valence-corrected chi connectivity index (χ3v) is 4.33. The summed E-state index contributed by atoms with van der Waals surface area (Å²) in [4.78, 5) is 12.1. The zero-order valence-electron chi connectivity index (χ0n) is 13.3. The van der Waals surface area contributed by atoms with Crippen molar-refractivity contribution >= 4 is 5.91 Å². The number of carbonyl (C=O) groups is 1. The van der Waals surface area contributed by atoms with Gasteiger partial charge < -0.3 is 10.6 Å². The SMILES string of the molecule is Cc1cccc([C@H](C)NCC(=O)NC2CCCCCC2)c1. The Balaban J connectivity index is 1.75. The van der Waals surface area contributed by atoms with E-state index in [0.717, 1.165) is 12.8 Å². The molecule has 1 aliphatic carbocycles. The molecule has 21 heavy (non-hydrogen) atoms. The second-order valence-electron chi connectivity index (χ2n) is 6.27. The molecule has 0 aromatic heterocycles. The molecule has 3 nitrogen and oxygen atoms in total. The third kappa shape index (κ3) is 5.50. The molecule has 2 rings (SSSR count). The minimum absolute atomic E-state index is 0.126. The van der Waals surface area contributed by atoms with Gasteiger partial charge in [-0.1, -0.05) is 55.5 Å². The van der Waals surface area contributed by atoms with E-state index >= 15 is 0 Å². The van der Waals surface area contributed by atoms with Crippen LogP contribution in [0.5, 0.6) is 0 Å². The number of aryl methyl sites for hydroxylation is 1. The van der Waals surface area contributed by atoms with Crippen LogP contribution in [0.2, 0.25) is 0 Å². The largest absolute Gasteiger partial charge is 0.352 e. The quantitative estimate of drug-likeness (QED) is 0.814. The molecule has 116 valence electrons. The highest BCUT2D eigenvalue weighted by Gasteiger charge is 2.15. The molecule has 1 aromatic rings. The first-order valence-corrected chi connectivity index (χ1v) is 8.24. The summed E-state index contributed by atoms with van der Waals surface area (Å²) < 4.78 is 0. The minimum Gasteiger partial charge on any atom is -0.352 e. The molecule has 1 aliphatic rings. The van der Waals surface area contributed by atoms with Crippen LogP contribution in [0.4, 0.5) is 0 Å². The first kappa shape index (κ1) is 16.0. The van der Waals surface area contributed by atoms with Crippen molar-refractivity contribution < 1.29 is 4.79 Å². The van der Waals surface area contributed by atoms with E-state index in [9.17, 15) is 4.79 Å². The van der Waals surface area contributed by atoms with Gasteiger partial charge in [-0.2, -0.15) is 0 Å². The minimum atomic E-state index is 0.126. The van der Waals surface area contributed by atoms with E-state index in [-0.39, 0.29) is 11.9 Å². The van der Waals surface area contributed by atoms with Gasteiger partial charge in [-0.3, -0.25) is 4.79 Å². The maximum atomic E-state index is 12.1. The lowest BCUT2D eigenvalue weighted by atomic mass is 10.1. The van der Waals surface area contributed by atoms with E-state index in [1.54, 1.807) is 0 Å². The predicted octanol–water partition coefficient (Wildman–Crippen LogP) is 3.48.